The second kappa shape index (κ2) is 4.42. The normalized spacial score (nSPS) is 27.5. The van der Waals surface area contributed by atoms with E-state index in [9.17, 15) is 4.79 Å². The van der Waals surface area contributed by atoms with E-state index in [0.29, 0.717) is 12.0 Å². The van der Waals surface area contributed by atoms with Crippen molar-refractivity contribution in [2.45, 2.75) is 25.8 Å². The molecule has 2 aliphatic heterocycles. The lowest BCUT2D eigenvalue weighted by molar-refractivity contribution is 0.0741. The maximum Gasteiger partial charge on any atom is 0.264 e. The molecule has 2 saturated heterocycles. The Kier molecular flexibility index (Phi) is 2.92. The predicted octanol–water partition coefficient (Wildman–Crippen LogP) is 1.74. The largest absolute Gasteiger partial charge is 0.333 e. The van der Waals surface area contributed by atoms with E-state index in [1.807, 2.05) is 5.38 Å². The van der Waals surface area contributed by atoms with Gasteiger partial charge in [0.15, 0.2) is 0 Å². The quantitative estimate of drug-likeness (QED) is 0.867. The van der Waals surface area contributed by atoms with Gasteiger partial charge in [0.1, 0.15) is 0 Å². The minimum atomic E-state index is 0.257. The number of aryl methyl sites for hydroxylation is 1. The Bertz CT molecular complexity index is 429. The molecule has 17 heavy (non-hydrogen) atoms. The van der Waals surface area contributed by atoms with Crippen LogP contribution in [0.2, 0.25) is 0 Å². The first-order valence-electron chi connectivity index (χ1n) is 6.39. The standard InChI is InChI=1S/C13H18N2OS/c1-2-9-4-6-17-12(9)13(16)15-5-3-10-7-14-8-11(10)15/h4,6,10-11,14H,2-3,5,7-8H2,1H3/t10-,11+/m0/s1. The average molecular weight is 250 g/mol. The fraction of sp³-hybridized carbons (Fsp3) is 0.615. The van der Waals surface area contributed by atoms with Gasteiger partial charge in [0.25, 0.3) is 5.91 Å². The topological polar surface area (TPSA) is 32.3 Å². The lowest BCUT2D eigenvalue weighted by Crippen LogP contribution is -2.39. The monoisotopic (exact) mass is 250 g/mol. The zero-order chi connectivity index (χ0) is 11.8. The summed E-state index contributed by atoms with van der Waals surface area (Å²) in [4.78, 5) is 15.6. The fourth-order valence-corrected chi connectivity index (χ4v) is 3.98. The predicted molar refractivity (Wildman–Crippen MR) is 69.5 cm³/mol. The summed E-state index contributed by atoms with van der Waals surface area (Å²) in [6.45, 7) is 5.11. The summed E-state index contributed by atoms with van der Waals surface area (Å²) in [6.07, 6.45) is 2.11. The van der Waals surface area contributed by atoms with E-state index < -0.39 is 0 Å². The first kappa shape index (κ1) is 11.2. The molecule has 2 fully saturated rings. The van der Waals surface area contributed by atoms with Gasteiger partial charge in [-0.1, -0.05) is 6.92 Å². The van der Waals surface area contributed by atoms with Crippen LogP contribution in [-0.4, -0.2) is 36.5 Å². The highest BCUT2D eigenvalue weighted by Gasteiger charge is 2.40. The summed E-state index contributed by atoms with van der Waals surface area (Å²) < 4.78 is 0. The van der Waals surface area contributed by atoms with Crippen LogP contribution in [0.25, 0.3) is 0 Å². The van der Waals surface area contributed by atoms with Crippen LogP contribution in [0.4, 0.5) is 0 Å². The number of nitrogens with zero attached hydrogens (tertiary/aromatic N) is 1. The smallest absolute Gasteiger partial charge is 0.264 e. The van der Waals surface area contributed by atoms with E-state index in [1.165, 1.54) is 5.56 Å². The molecule has 1 amide bonds. The Morgan fingerprint density at radius 3 is 3.29 bits per heavy atom. The van der Waals surface area contributed by atoms with Crippen molar-refractivity contribution >= 4 is 17.2 Å². The third-order valence-electron chi connectivity index (χ3n) is 4.03. The van der Waals surface area contributed by atoms with Crippen LogP contribution in [-0.2, 0) is 6.42 Å². The van der Waals surface area contributed by atoms with Gasteiger partial charge in [-0.2, -0.15) is 0 Å². The molecule has 0 saturated carbocycles. The molecular formula is C13H18N2OS. The van der Waals surface area contributed by atoms with Gasteiger partial charge >= 0.3 is 0 Å². The molecule has 3 heterocycles. The van der Waals surface area contributed by atoms with Gasteiger partial charge in [0.05, 0.1) is 4.88 Å². The van der Waals surface area contributed by atoms with Crippen LogP contribution in [0.3, 0.4) is 0 Å². The third-order valence-corrected chi connectivity index (χ3v) is 4.97. The van der Waals surface area contributed by atoms with E-state index in [4.69, 9.17) is 0 Å². The van der Waals surface area contributed by atoms with Crippen molar-refractivity contribution in [3.8, 4) is 0 Å². The second-order valence-electron chi connectivity index (χ2n) is 4.90. The molecule has 0 bridgehead atoms. The molecule has 1 aromatic rings. The maximum atomic E-state index is 12.5. The number of nitrogens with one attached hydrogen (secondary N) is 1. The van der Waals surface area contributed by atoms with Gasteiger partial charge in [-0.05, 0) is 35.8 Å². The Morgan fingerprint density at radius 2 is 2.47 bits per heavy atom. The van der Waals surface area contributed by atoms with Gasteiger partial charge in [-0.25, -0.2) is 0 Å². The lowest BCUT2D eigenvalue weighted by Gasteiger charge is -2.23. The number of carbonyl (C=O) groups is 1. The molecule has 0 spiro atoms. The molecule has 1 N–H and O–H groups in total. The van der Waals surface area contributed by atoms with E-state index in [2.05, 4.69) is 23.2 Å². The number of hydrogen-bond acceptors (Lipinski definition) is 3. The third kappa shape index (κ3) is 1.79. The summed E-state index contributed by atoms with van der Waals surface area (Å²) in [5.41, 5.74) is 1.20. The number of carbonyl (C=O) groups excluding carboxylic acids is 1. The van der Waals surface area contributed by atoms with Crippen molar-refractivity contribution in [3.05, 3.63) is 21.9 Å². The van der Waals surface area contributed by atoms with Crippen molar-refractivity contribution in [1.29, 1.82) is 0 Å². The number of hydrogen-bond donors (Lipinski definition) is 1. The zero-order valence-electron chi connectivity index (χ0n) is 10.1. The molecule has 0 aliphatic carbocycles. The second-order valence-corrected chi connectivity index (χ2v) is 5.82. The van der Waals surface area contributed by atoms with Crippen LogP contribution >= 0.6 is 11.3 Å². The molecule has 2 aliphatic rings. The lowest BCUT2D eigenvalue weighted by atomic mass is 10.1. The molecule has 0 radical (unpaired) electrons. The van der Waals surface area contributed by atoms with Crippen LogP contribution < -0.4 is 5.32 Å². The zero-order valence-corrected chi connectivity index (χ0v) is 10.9. The van der Waals surface area contributed by atoms with Gasteiger partial charge in [0.2, 0.25) is 0 Å². The van der Waals surface area contributed by atoms with Gasteiger partial charge in [0, 0.05) is 25.7 Å². The Balaban J connectivity index is 1.83. The van der Waals surface area contributed by atoms with E-state index >= 15 is 0 Å². The minimum Gasteiger partial charge on any atom is -0.333 e. The van der Waals surface area contributed by atoms with Crippen molar-refractivity contribution in [1.82, 2.24) is 10.2 Å². The maximum absolute atomic E-state index is 12.5. The first-order chi connectivity index (χ1) is 8.31. The highest BCUT2D eigenvalue weighted by molar-refractivity contribution is 7.12. The van der Waals surface area contributed by atoms with Crippen LogP contribution in [0.1, 0.15) is 28.6 Å². The van der Waals surface area contributed by atoms with E-state index in [1.54, 1.807) is 11.3 Å². The van der Waals surface area contributed by atoms with Crippen LogP contribution in [0, 0.1) is 5.92 Å². The van der Waals surface area contributed by atoms with Gasteiger partial charge < -0.3 is 10.2 Å². The summed E-state index contributed by atoms with van der Waals surface area (Å²) in [6, 6.07) is 2.52. The molecule has 0 aromatic carbocycles. The summed E-state index contributed by atoms with van der Waals surface area (Å²) >= 11 is 1.59. The van der Waals surface area contributed by atoms with Crippen molar-refractivity contribution < 1.29 is 4.79 Å². The molecule has 4 heteroatoms. The summed E-state index contributed by atoms with van der Waals surface area (Å²) in [5.74, 6) is 0.942. The number of rotatable bonds is 2. The SMILES string of the molecule is CCc1ccsc1C(=O)N1CC[C@H]2CNC[C@H]21. The highest BCUT2D eigenvalue weighted by Crippen LogP contribution is 2.30. The summed E-state index contributed by atoms with van der Waals surface area (Å²) in [5, 5.41) is 5.43. The Labute approximate surface area is 106 Å². The van der Waals surface area contributed by atoms with Crippen LogP contribution in [0.15, 0.2) is 11.4 Å². The molecule has 0 unspecified atom stereocenters. The van der Waals surface area contributed by atoms with Crippen molar-refractivity contribution in [2.24, 2.45) is 5.92 Å². The van der Waals surface area contributed by atoms with Gasteiger partial charge in [-0.3, -0.25) is 4.79 Å². The molecule has 92 valence electrons. The Morgan fingerprint density at radius 1 is 1.59 bits per heavy atom. The van der Waals surface area contributed by atoms with Gasteiger partial charge in [-0.15, -0.1) is 11.3 Å². The molecular weight excluding hydrogens is 232 g/mol. The first-order valence-corrected chi connectivity index (χ1v) is 7.27. The number of likely N-dealkylation sites (tertiary alicyclic amines) is 1. The Hall–Kier alpha value is -0.870. The molecule has 1 aromatic heterocycles. The molecule has 2 atom stereocenters. The van der Waals surface area contributed by atoms with Crippen molar-refractivity contribution in [3.63, 3.8) is 0 Å². The van der Waals surface area contributed by atoms with Crippen molar-refractivity contribution in [2.75, 3.05) is 19.6 Å². The van der Waals surface area contributed by atoms with E-state index in [0.717, 1.165) is 37.4 Å². The number of thiophene rings is 1. The molecule has 3 nitrogen and oxygen atoms in total. The molecule has 3 rings (SSSR count). The highest BCUT2D eigenvalue weighted by atomic mass is 32.1. The number of amides is 1. The number of fused-ring (bicyclic) bond motifs is 1. The van der Waals surface area contributed by atoms with Crippen LogP contribution in [0.5, 0.6) is 0 Å². The minimum absolute atomic E-state index is 0.257. The average Bonchev–Trinajstić information content (AvgIpc) is 3.03. The summed E-state index contributed by atoms with van der Waals surface area (Å²) in [7, 11) is 0. The fourth-order valence-electron chi connectivity index (χ4n) is 3.03. The van der Waals surface area contributed by atoms with E-state index in [-0.39, 0.29) is 5.91 Å².